The average molecular weight is 292 g/mol. The second-order valence-corrected chi connectivity index (χ2v) is 8.35. The topological polar surface area (TPSA) is 74.8 Å². The van der Waals surface area contributed by atoms with Crippen molar-refractivity contribution in [3.63, 3.8) is 0 Å². The molecular weight excluding hydrogens is 276 g/mol. The van der Waals surface area contributed by atoms with Crippen molar-refractivity contribution < 1.29 is 16.8 Å². The number of nitrogens with zero attached hydrogens (tertiary/aromatic N) is 2. The van der Waals surface area contributed by atoms with Crippen LogP contribution in [0.1, 0.15) is 0 Å². The summed E-state index contributed by atoms with van der Waals surface area (Å²) in [6.07, 6.45) is 0. The van der Waals surface area contributed by atoms with Gasteiger partial charge in [0.05, 0.1) is 9.79 Å². The van der Waals surface area contributed by atoms with Gasteiger partial charge in [0, 0.05) is 28.2 Å². The molecule has 0 spiro atoms. The van der Waals surface area contributed by atoms with Gasteiger partial charge in [-0.2, -0.15) is 0 Å². The third-order valence-electron chi connectivity index (χ3n) is 2.36. The maximum Gasteiger partial charge on any atom is 0.242 e. The van der Waals surface area contributed by atoms with E-state index in [1.54, 1.807) is 0 Å². The molecule has 0 aromatic heterocycles. The molecule has 6 nitrogen and oxygen atoms in total. The highest BCUT2D eigenvalue weighted by Crippen LogP contribution is 2.19. The molecule has 0 heterocycles. The monoisotopic (exact) mass is 292 g/mol. The van der Waals surface area contributed by atoms with Crippen LogP contribution in [-0.2, 0) is 20.0 Å². The van der Waals surface area contributed by atoms with Crippen molar-refractivity contribution in [1.82, 2.24) is 8.61 Å². The van der Waals surface area contributed by atoms with E-state index in [1.165, 1.54) is 46.4 Å². The summed E-state index contributed by atoms with van der Waals surface area (Å²) in [5.74, 6) is 0. The van der Waals surface area contributed by atoms with Gasteiger partial charge < -0.3 is 0 Å². The van der Waals surface area contributed by atoms with Crippen LogP contribution < -0.4 is 0 Å². The van der Waals surface area contributed by atoms with E-state index in [-0.39, 0.29) is 9.79 Å². The normalized spacial score (nSPS) is 13.2. The van der Waals surface area contributed by atoms with E-state index < -0.39 is 20.0 Å². The second-order valence-electron chi connectivity index (χ2n) is 4.05. The summed E-state index contributed by atoms with van der Waals surface area (Å²) in [5.41, 5.74) is 0. The standard InChI is InChI=1S/C10H16N2O4S2/c1-11(2)17(13,14)9-6-5-7-10(8-9)18(15,16)12(3)4/h5-8H,1-4H3. The summed E-state index contributed by atoms with van der Waals surface area (Å²) in [5, 5.41) is 0. The first-order chi connectivity index (χ1) is 8.10. The molecule has 0 N–H and O–H groups in total. The zero-order chi connectivity index (χ0) is 14.1. The maximum absolute atomic E-state index is 11.9. The molecule has 0 amide bonds. The molecule has 8 heteroatoms. The molecule has 0 aliphatic heterocycles. The molecule has 0 saturated heterocycles. The Morgan fingerprint density at radius 1 is 0.778 bits per heavy atom. The molecule has 0 unspecified atom stereocenters. The average Bonchev–Trinajstić information content (AvgIpc) is 2.28. The Morgan fingerprint density at radius 3 is 1.39 bits per heavy atom. The summed E-state index contributed by atoms with van der Waals surface area (Å²) in [6.45, 7) is 0. The smallest absolute Gasteiger partial charge is 0.207 e. The van der Waals surface area contributed by atoms with Crippen molar-refractivity contribution >= 4 is 20.0 Å². The Hall–Kier alpha value is -0.960. The molecule has 0 fully saturated rings. The van der Waals surface area contributed by atoms with Crippen LogP contribution in [-0.4, -0.2) is 53.6 Å². The van der Waals surface area contributed by atoms with Crippen LogP contribution >= 0.6 is 0 Å². The van der Waals surface area contributed by atoms with Gasteiger partial charge in [0.25, 0.3) is 0 Å². The lowest BCUT2D eigenvalue weighted by atomic mass is 10.4. The van der Waals surface area contributed by atoms with Gasteiger partial charge in [-0.1, -0.05) is 6.07 Å². The van der Waals surface area contributed by atoms with Gasteiger partial charge in [0.1, 0.15) is 0 Å². The number of rotatable bonds is 4. The molecule has 1 aromatic rings. The lowest BCUT2D eigenvalue weighted by Gasteiger charge is -2.14. The SMILES string of the molecule is CN(C)S(=O)(=O)c1cccc(S(=O)(=O)N(C)C)c1. The highest BCUT2D eigenvalue weighted by molar-refractivity contribution is 7.90. The second kappa shape index (κ2) is 4.96. The van der Waals surface area contributed by atoms with Gasteiger partial charge in [-0.15, -0.1) is 0 Å². The minimum absolute atomic E-state index is 0.0459. The molecule has 0 aliphatic carbocycles. The summed E-state index contributed by atoms with van der Waals surface area (Å²) in [4.78, 5) is -0.0918. The van der Waals surface area contributed by atoms with Crippen LogP contribution in [0.25, 0.3) is 0 Å². The molecule has 0 radical (unpaired) electrons. The summed E-state index contributed by atoms with van der Waals surface area (Å²) in [7, 11) is -1.70. The third-order valence-corrected chi connectivity index (χ3v) is 5.98. The molecule has 0 atom stereocenters. The van der Waals surface area contributed by atoms with Crippen molar-refractivity contribution in [2.24, 2.45) is 0 Å². The summed E-state index contributed by atoms with van der Waals surface area (Å²) >= 11 is 0. The van der Waals surface area contributed by atoms with E-state index in [4.69, 9.17) is 0 Å². The molecule has 0 aliphatic rings. The van der Waals surface area contributed by atoms with Crippen LogP contribution in [0.5, 0.6) is 0 Å². The number of benzene rings is 1. The largest absolute Gasteiger partial charge is 0.242 e. The Labute approximate surface area is 108 Å². The molecular formula is C10H16N2O4S2. The van der Waals surface area contributed by atoms with Crippen LogP contribution in [0.3, 0.4) is 0 Å². The zero-order valence-corrected chi connectivity index (χ0v) is 12.3. The lowest BCUT2D eigenvalue weighted by molar-refractivity contribution is 0.517. The Balaban J connectivity index is 3.42. The van der Waals surface area contributed by atoms with Crippen molar-refractivity contribution in [3.05, 3.63) is 24.3 Å². The van der Waals surface area contributed by atoms with E-state index in [9.17, 15) is 16.8 Å². The van der Waals surface area contributed by atoms with E-state index >= 15 is 0 Å². The minimum Gasteiger partial charge on any atom is -0.207 e. The van der Waals surface area contributed by atoms with E-state index in [1.807, 2.05) is 0 Å². The van der Waals surface area contributed by atoms with Crippen molar-refractivity contribution in [1.29, 1.82) is 0 Å². The molecule has 18 heavy (non-hydrogen) atoms. The lowest BCUT2D eigenvalue weighted by Crippen LogP contribution is -2.24. The van der Waals surface area contributed by atoms with Gasteiger partial charge in [-0.3, -0.25) is 0 Å². The van der Waals surface area contributed by atoms with Gasteiger partial charge in [0.2, 0.25) is 20.0 Å². The van der Waals surface area contributed by atoms with E-state index in [0.29, 0.717) is 0 Å². The predicted molar refractivity (Wildman–Crippen MR) is 68.2 cm³/mol. The molecule has 0 bridgehead atoms. The van der Waals surface area contributed by atoms with Gasteiger partial charge in [-0.05, 0) is 18.2 Å². The molecule has 1 rings (SSSR count). The first-order valence-corrected chi connectivity index (χ1v) is 7.93. The fraction of sp³-hybridized carbons (Fsp3) is 0.400. The minimum atomic E-state index is -3.64. The fourth-order valence-corrected chi connectivity index (χ4v) is 3.19. The maximum atomic E-state index is 11.9. The van der Waals surface area contributed by atoms with Crippen molar-refractivity contribution in [2.75, 3.05) is 28.2 Å². The number of hydrogen-bond donors (Lipinski definition) is 0. The van der Waals surface area contributed by atoms with Crippen LogP contribution in [0.4, 0.5) is 0 Å². The fourth-order valence-electron chi connectivity index (χ4n) is 1.22. The first-order valence-electron chi connectivity index (χ1n) is 5.05. The quantitative estimate of drug-likeness (QED) is 0.794. The number of hydrogen-bond acceptors (Lipinski definition) is 4. The highest BCUT2D eigenvalue weighted by atomic mass is 32.2. The third kappa shape index (κ3) is 2.72. The van der Waals surface area contributed by atoms with E-state index in [2.05, 4.69) is 0 Å². The number of sulfonamides is 2. The van der Waals surface area contributed by atoms with Gasteiger partial charge in [-0.25, -0.2) is 25.4 Å². The van der Waals surface area contributed by atoms with Gasteiger partial charge >= 0.3 is 0 Å². The van der Waals surface area contributed by atoms with Crippen LogP contribution in [0, 0.1) is 0 Å². The Bertz CT molecular complexity index is 580. The molecule has 102 valence electrons. The predicted octanol–water partition coefficient (Wildman–Crippen LogP) is 0.187. The van der Waals surface area contributed by atoms with Crippen LogP contribution in [0.2, 0.25) is 0 Å². The Morgan fingerprint density at radius 2 is 1.11 bits per heavy atom. The van der Waals surface area contributed by atoms with Crippen LogP contribution in [0.15, 0.2) is 34.1 Å². The van der Waals surface area contributed by atoms with E-state index in [0.717, 1.165) is 14.7 Å². The zero-order valence-electron chi connectivity index (χ0n) is 10.7. The molecule has 0 saturated carbocycles. The van der Waals surface area contributed by atoms with Gasteiger partial charge in [0.15, 0.2) is 0 Å². The first kappa shape index (κ1) is 15.1. The highest BCUT2D eigenvalue weighted by Gasteiger charge is 2.22. The van der Waals surface area contributed by atoms with Crippen molar-refractivity contribution in [2.45, 2.75) is 9.79 Å². The summed E-state index contributed by atoms with van der Waals surface area (Å²) < 4.78 is 49.7. The summed E-state index contributed by atoms with van der Waals surface area (Å²) in [6, 6.07) is 5.30. The Kier molecular flexibility index (Phi) is 4.16. The van der Waals surface area contributed by atoms with Crippen molar-refractivity contribution in [3.8, 4) is 0 Å². The molecule has 1 aromatic carbocycles.